The number of halogens is 1. The normalized spacial score (nSPS) is 11.4. The third-order valence-electron chi connectivity index (χ3n) is 3.64. The van der Waals surface area contributed by atoms with Gasteiger partial charge in [0.25, 0.3) is 5.91 Å². The van der Waals surface area contributed by atoms with Crippen molar-refractivity contribution in [3.05, 3.63) is 66.1 Å². The van der Waals surface area contributed by atoms with Gasteiger partial charge in [-0.15, -0.1) is 0 Å². The van der Waals surface area contributed by atoms with Crippen molar-refractivity contribution in [2.24, 2.45) is 0 Å². The molecule has 1 heterocycles. The maximum Gasteiger partial charge on any atom is 0.275 e. The molecule has 0 unspecified atom stereocenters. The average Bonchev–Trinajstić information content (AvgIpc) is 3.10. The molecular formula is C20H19FN2O4. The number of nitrogens with zero attached hydrogens (tertiary/aromatic N) is 1. The first-order valence-electron chi connectivity index (χ1n) is 8.30. The van der Waals surface area contributed by atoms with E-state index in [1.54, 1.807) is 56.3 Å². The molecule has 7 heteroatoms. The minimum absolute atomic E-state index is 0.0721. The van der Waals surface area contributed by atoms with Crippen LogP contribution < -0.4 is 5.48 Å². The van der Waals surface area contributed by atoms with Gasteiger partial charge in [-0.1, -0.05) is 24.3 Å². The molecule has 0 aliphatic rings. The lowest BCUT2D eigenvalue weighted by atomic mass is 10.1. The summed E-state index contributed by atoms with van der Waals surface area (Å²) < 4.78 is 19.6. The van der Waals surface area contributed by atoms with Crippen molar-refractivity contribution in [2.45, 2.75) is 19.4 Å². The molecule has 27 heavy (non-hydrogen) atoms. The molecule has 140 valence electrons. The third kappa shape index (κ3) is 4.58. The average molecular weight is 370 g/mol. The number of amides is 1. The van der Waals surface area contributed by atoms with Crippen LogP contribution in [-0.2, 0) is 4.84 Å². The predicted octanol–water partition coefficient (Wildman–Crippen LogP) is 3.58. The SMILES string of the molecule is CC(C)(O)CONC(=O)c1ccccc1-c1ncc(-c2ccccc2F)o1. The molecule has 3 rings (SSSR count). The molecule has 0 saturated heterocycles. The van der Waals surface area contributed by atoms with Crippen LogP contribution in [0.2, 0.25) is 0 Å². The Kier molecular flexibility index (Phi) is 5.34. The Balaban J connectivity index is 1.84. The fourth-order valence-corrected chi connectivity index (χ4v) is 2.39. The second-order valence-electron chi connectivity index (χ2n) is 6.59. The van der Waals surface area contributed by atoms with Crippen molar-refractivity contribution >= 4 is 5.91 Å². The van der Waals surface area contributed by atoms with Gasteiger partial charge in [-0.05, 0) is 38.1 Å². The summed E-state index contributed by atoms with van der Waals surface area (Å²) in [5.41, 5.74) is 2.20. The fraction of sp³-hybridized carbons (Fsp3) is 0.200. The van der Waals surface area contributed by atoms with Gasteiger partial charge in [-0.2, -0.15) is 0 Å². The molecule has 0 saturated carbocycles. The van der Waals surface area contributed by atoms with E-state index in [0.717, 1.165) is 0 Å². The highest BCUT2D eigenvalue weighted by Gasteiger charge is 2.19. The summed E-state index contributed by atoms with van der Waals surface area (Å²) in [7, 11) is 0. The van der Waals surface area contributed by atoms with E-state index in [1.807, 2.05) is 0 Å². The monoisotopic (exact) mass is 370 g/mol. The van der Waals surface area contributed by atoms with Gasteiger partial charge in [0, 0.05) is 5.56 Å². The molecule has 0 atom stereocenters. The van der Waals surface area contributed by atoms with Crippen molar-refractivity contribution in [2.75, 3.05) is 6.61 Å². The number of benzene rings is 2. The Morgan fingerprint density at radius 1 is 1.19 bits per heavy atom. The zero-order valence-electron chi connectivity index (χ0n) is 14.9. The van der Waals surface area contributed by atoms with Gasteiger partial charge in [-0.3, -0.25) is 9.63 Å². The molecule has 0 fully saturated rings. The molecule has 0 bridgehead atoms. The number of carbonyl (C=O) groups excluding carboxylic acids is 1. The Morgan fingerprint density at radius 3 is 2.56 bits per heavy atom. The molecule has 0 spiro atoms. The number of hydrogen-bond donors (Lipinski definition) is 2. The molecule has 0 radical (unpaired) electrons. The Morgan fingerprint density at radius 2 is 1.85 bits per heavy atom. The lowest BCUT2D eigenvalue weighted by Gasteiger charge is -2.17. The molecule has 3 aromatic rings. The van der Waals surface area contributed by atoms with Gasteiger partial charge < -0.3 is 9.52 Å². The van der Waals surface area contributed by atoms with E-state index in [1.165, 1.54) is 12.3 Å². The largest absolute Gasteiger partial charge is 0.436 e. The van der Waals surface area contributed by atoms with Crippen LogP contribution in [-0.4, -0.2) is 28.2 Å². The van der Waals surface area contributed by atoms with Crippen molar-refractivity contribution in [3.63, 3.8) is 0 Å². The summed E-state index contributed by atoms with van der Waals surface area (Å²) in [6, 6.07) is 12.9. The third-order valence-corrected chi connectivity index (χ3v) is 3.64. The summed E-state index contributed by atoms with van der Waals surface area (Å²) in [6.07, 6.45) is 1.41. The van der Waals surface area contributed by atoms with E-state index in [0.29, 0.717) is 5.56 Å². The van der Waals surface area contributed by atoms with Crippen LogP contribution in [0.15, 0.2) is 59.1 Å². The standard InChI is InChI=1S/C20H19FN2O4/c1-20(2,25)12-26-23-18(24)13-7-3-4-8-14(13)19-22-11-17(27-19)15-9-5-6-10-16(15)21/h3-11,25H,12H2,1-2H3,(H,23,24). The van der Waals surface area contributed by atoms with Gasteiger partial charge >= 0.3 is 0 Å². The Hall–Kier alpha value is -3.03. The molecular weight excluding hydrogens is 351 g/mol. The number of hydrogen-bond acceptors (Lipinski definition) is 5. The summed E-state index contributed by atoms with van der Waals surface area (Å²) in [5.74, 6) is -0.496. The highest BCUT2D eigenvalue weighted by Crippen LogP contribution is 2.29. The van der Waals surface area contributed by atoms with E-state index >= 15 is 0 Å². The Labute approximate surface area is 155 Å². The highest BCUT2D eigenvalue weighted by atomic mass is 19.1. The van der Waals surface area contributed by atoms with E-state index in [9.17, 15) is 14.3 Å². The predicted molar refractivity (Wildman–Crippen MR) is 97.0 cm³/mol. The lowest BCUT2D eigenvalue weighted by Crippen LogP contribution is -2.33. The van der Waals surface area contributed by atoms with Crippen molar-refractivity contribution in [3.8, 4) is 22.8 Å². The van der Waals surface area contributed by atoms with E-state index in [4.69, 9.17) is 9.25 Å². The zero-order chi connectivity index (χ0) is 19.4. The quantitative estimate of drug-likeness (QED) is 0.648. The topological polar surface area (TPSA) is 84.6 Å². The summed E-state index contributed by atoms with van der Waals surface area (Å²) in [5, 5.41) is 9.64. The van der Waals surface area contributed by atoms with Crippen LogP contribution in [0.25, 0.3) is 22.8 Å². The summed E-state index contributed by atoms with van der Waals surface area (Å²) in [6.45, 7) is 3.05. The minimum Gasteiger partial charge on any atom is -0.436 e. The molecule has 1 aromatic heterocycles. The van der Waals surface area contributed by atoms with Crippen LogP contribution >= 0.6 is 0 Å². The number of carbonyl (C=O) groups is 1. The summed E-state index contributed by atoms with van der Waals surface area (Å²) >= 11 is 0. The van der Waals surface area contributed by atoms with Gasteiger partial charge in [0.1, 0.15) is 12.4 Å². The molecule has 6 nitrogen and oxygen atoms in total. The van der Waals surface area contributed by atoms with Crippen LogP contribution in [0.3, 0.4) is 0 Å². The smallest absolute Gasteiger partial charge is 0.275 e. The number of oxazole rings is 1. The number of aliphatic hydroxyl groups is 1. The van der Waals surface area contributed by atoms with E-state index < -0.39 is 17.3 Å². The molecule has 2 aromatic carbocycles. The summed E-state index contributed by atoms with van der Waals surface area (Å²) in [4.78, 5) is 21.6. The first kappa shape index (κ1) is 18.8. The first-order valence-corrected chi connectivity index (χ1v) is 8.30. The second kappa shape index (κ2) is 7.69. The highest BCUT2D eigenvalue weighted by molar-refractivity contribution is 5.99. The van der Waals surface area contributed by atoms with Crippen LogP contribution in [0.4, 0.5) is 4.39 Å². The van der Waals surface area contributed by atoms with Gasteiger partial charge in [0.15, 0.2) is 5.76 Å². The van der Waals surface area contributed by atoms with E-state index in [-0.39, 0.29) is 29.4 Å². The first-order chi connectivity index (χ1) is 12.8. The maximum atomic E-state index is 13.9. The number of rotatable bonds is 6. The van der Waals surface area contributed by atoms with Crippen LogP contribution in [0, 0.1) is 5.82 Å². The van der Waals surface area contributed by atoms with Gasteiger partial charge in [0.2, 0.25) is 5.89 Å². The van der Waals surface area contributed by atoms with Crippen LogP contribution in [0.1, 0.15) is 24.2 Å². The Bertz CT molecular complexity index is 947. The molecule has 0 aliphatic heterocycles. The van der Waals surface area contributed by atoms with Crippen LogP contribution in [0.5, 0.6) is 0 Å². The fourth-order valence-electron chi connectivity index (χ4n) is 2.39. The number of nitrogens with one attached hydrogen (secondary N) is 1. The molecule has 1 amide bonds. The van der Waals surface area contributed by atoms with Crippen molar-refractivity contribution in [1.29, 1.82) is 0 Å². The van der Waals surface area contributed by atoms with Gasteiger partial charge in [-0.25, -0.2) is 14.9 Å². The van der Waals surface area contributed by atoms with Crippen molar-refractivity contribution in [1.82, 2.24) is 10.5 Å². The van der Waals surface area contributed by atoms with Crippen molar-refractivity contribution < 1.29 is 23.5 Å². The minimum atomic E-state index is -1.08. The van der Waals surface area contributed by atoms with Gasteiger partial charge in [0.05, 0.1) is 22.9 Å². The number of hydroxylamine groups is 1. The van der Waals surface area contributed by atoms with E-state index in [2.05, 4.69) is 10.5 Å². The maximum absolute atomic E-state index is 13.9. The number of aromatic nitrogens is 1. The lowest BCUT2D eigenvalue weighted by molar-refractivity contribution is -0.0522. The molecule has 0 aliphatic carbocycles. The zero-order valence-corrected chi connectivity index (χ0v) is 14.9. The second-order valence-corrected chi connectivity index (χ2v) is 6.59. The molecule has 2 N–H and O–H groups in total.